The lowest BCUT2D eigenvalue weighted by Gasteiger charge is -2.35. The number of nitrogens with zero attached hydrogens (tertiary/aromatic N) is 2. The van der Waals surface area contributed by atoms with Crippen LogP contribution in [0.3, 0.4) is 0 Å². The lowest BCUT2D eigenvalue weighted by Crippen LogP contribution is -2.46. The van der Waals surface area contributed by atoms with Crippen LogP contribution in [0.25, 0.3) is 0 Å². The van der Waals surface area contributed by atoms with Gasteiger partial charge in [0.1, 0.15) is 11.5 Å². The van der Waals surface area contributed by atoms with Gasteiger partial charge in [0.25, 0.3) is 0 Å². The Bertz CT molecular complexity index is 605. The summed E-state index contributed by atoms with van der Waals surface area (Å²) in [6.45, 7) is 4.53. The molecule has 0 spiro atoms. The molecule has 2 heterocycles. The van der Waals surface area contributed by atoms with Crippen molar-refractivity contribution in [3.8, 4) is 11.5 Å². The number of ether oxygens (including phenoxy) is 2. The maximum Gasteiger partial charge on any atom is 0.237 e. The van der Waals surface area contributed by atoms with E-state index >= 15 is 0 Å². The number of carbonyl (C=O) groups excluding carboxylic acids is 1. The number of hydrogen-bond acceptors (Lipinski definition) is 4. The van der Waals surface area contributed by atoms with E-state index in [1.165, 1.54) is 6.42 Å². The van der Waals surface area contributed by atoms with Crippen LogP contribution in [-0.4, -0.2) is 55.6 Å². The highest BCUT2D eigenvalue weighted by Crippen LogP contribution is 2.38. The van der Waals surface area contributed by atoms with Gasteiger partial charge in [-0.15, -0.1) is 0 Å². The molecule has 2 aliphatic rings. The molecular weight excluding hydrogens is 316 g/mol. The molecule has 2 fully saturated rings. The number of methoxy groups -OCH3 is 2. The van der Waals surface area contributed by atoms with Crippen molar-refractivity contribution in [2.45, 2.75) is 51.1 Å². The lowest BCUT2D eigenvalue weighted by atomic mass is 10.0. The first kappa shape index (κ1) is 18.1. The second-order valence-electron chi connectivity index (χ2n) is 7.17. The summed E-state index contributed by atoms with van der Waals surface area (Å²) in [6.07, 6.45) is 5.64. The van der Waals surface area contributed by atoms with Crippen LogP contribution >= 0.6 is 0 Å². The Morgan fingerprint density at radius 2 is 1.96 bits per heavy atom. The molecule has 1 aromatic rings. The van der Waals surface area contributed by atoms with E-state index in [9.17, 15) is 4.79 Å². The van der Waals surface area contributed by atoms with Crippen LogP contribution in [0.5, 0.6) is 11.5 Å². The standard InChI is InChI=1S/C20H30N2O3/c1-15-7-4-5-12-22(15)20(23)14-21-11-6-8-18(21)17-13-16(24-2)9-10-19(17)25-3/h9-10,13,15,18H,4-8,11-12,14H2,1-3H3. The second-order valence-corrected chi connectivity index (χ2v) is 7.17. The Morgan fingerprint density at radius 3 is 2.68 bits per heavy atom. The van der Waals surface area contributed by atoms with E-state index in [1.54, 1.807) is 14.2 Å². The molecule has 0 N–H and O–H groups in total. The fourth-order valence-corrected chi connectivity index (χ4v) is 4.20. The normalized spacial score (nSPS) is 24.4. The highest BCUT2D eigenvalue weighted by atomic mass is 16.5. The topological polar surface area (TPSA) is 42.0 Å². The lowest BCUT2D eigenvalue weighted by molar-refractivity contribution is -0.135. The number of likely N-dealkylation sites (tertiary alicyclic amines) is 2. The zero-order chi connectivity index (χ0) is 17.8. The third-order valence-electron chi connectivity index (χ3n) is 5.62. The van der Waals surface area contributed by atoms with Crippen molar-refractivity contribution in [3.05, 3.63) is 23.8 Å². The van der Waals surface area contributed by atoms with E-state index in [2.05, 4.69) is 22.8 Å². The summed E-state index contributed by atoms with van der Waals surface area (Å²) >= 11 is 0. The summed E-state index contributed by atoms with van der Waals surface area (Å²) < 4.78 is 11.0. The summed E-state index contributed by atoms with van der Waals surface area (Å²) in [5, 5.41) is 0. The Morgan fingerprint density at radius 1 is 1.12 bits per heavy atom. The quantitative estimate of drug-likeness (QED) is 0.821. The van der Waals surface area contributed by atoms with Crippen molar-refractivity contribution in [2.24, 2.45) is 0 Å². The van der Waals surface area contributed by atoms with Gasteiger partial charge in [0, 0.05) is 24.2 Å². The minimum absolute atomic E-state index is 0.217. The largest absolute Gasteiger partial charge is 0.497 e. The molecule has 0 bridgehead atoms. The van der Waals surface area contributed by atoms with Crippen LogP contribution in [0.4, 0.5) is 0 Å². The van der Waals surface area contributed by atoms with Crippen molar-refractivity contribution in [3.63, 3.8) is 0 Å². The van der Waals surface area contributed by atoms with Gasteiger partial charge >= 0.3 is 0 Å². The van der Waals surface area contributed by atoms with Gasteiger partial charge in [-0.1, -0.05) is 0 Å². The molecule has 2 aliphatic heterocycles. The average molecular weight is 346 g/mol. The maximum absolute atomic E-state index is 12.8. The van der Waals surface area contributed by atoms with E-state index < -0.39 is 0 Å². The maximum atomic E-state index is 12.8. The zero-order valence-electron chi connectivity index (χ0n) is 15.7. The predicted molar refractivity (Wildman–Crippen MR) is 98.1 cm³/mol. The third-order valence-corrected chi connectivity index (χ3v) is 5.62. The number of benzene rings is 1. The first-order valence-corrected chi connectivity index (χ1v) is 9.39. The summed E-state index contributed by atoms with van der Waals surface area (Å²) in [5.41, 5.74) is 1.12. The smallest absolute Gasteiger partial charge is 0.237 e. The van der Waals surface area contributed by atoms with Crippen LogP contribution in [0.15, 0.2) is 18.2 Å². The Kier molecular flexibility index (Phi) is 5.84. The zero-order valence-corrected chi connectivity index (χ0v) is 15.7. The Labute approximate surface area is 150 Å². The second kappa shape index (κ2) is 8.09. The summed E-state index contributed by atoms with van der Waals surface area (Å²) in [4.78, 5) is 17.2. The fourth-order valence-electron chi connectivity index (χ4n) is 4.20. The van der Waals surface area contributed by atoms with E-state index in [-0.39, 0.29) is 11.9 Å². The van der Waals surface area contributed by atoms with Crippen molar-refractivity contribution in [1.82, 2.24) is 9.80 Å². The van der Waals surface area contributed by atoms with Crippen molar-refractivity contribution < 1.29 is 14.3 Å². The average Bonchev–Trinajstić information content (AvgIpc) is 3.09. The first-order valence-electron chi connectivity index (χ1n) is 9.39. The molecule has 3 rings (SSSR count). The molecular formula is C20H30N2O3. The van der Waals surface area contributed by atoms with Crippen LogP contribution in [0.2, 0.25) is 0 Å². The van der Waals surface area contributed by atoms with Gasteiger partial charge in [0.05, 0.1) is 20.8 Å². The Balaban J connectivity index is 1.75. The molecule has 138 valence electrons. The van der Waals surface area contributed by atoms with Crippen LogP contribution < -0.4 is 9.47 Å². The van der Waals surface area contributed by atoms with Gasteiger partial charge < -0.3 is 14.4 Å². The van der Waals surface area contributed by atoms with Crippen molar-refractivity contribution in [1.29, 1.82) is 0 Å². The molecule has 0 aromatic heterocycles. The molecule has 0 aliphatic carbocycles. The van der Waals surface area contributed by atoms with E-state index in [0.717, 1.165) is 55.8 Å². The number of carbonyl (C=O) groups is 1. The van der Waals surface area contributed by atoms with E-state index in [0.29, 0.717) is 12.6 Å². The molecule has 0 saturated carbocycles. The van der Waals surface area contributed by atoms with Crippen LogP contribution in [-0.2, 0) is 4.79 Å². The van der Waals surface area contributed by atoms with Gasteiger partial charge in [-0.05, 0) is 63.8 Å². The summed E-state index contributed by atoms with van der Waals surface area (Å²) in [5.74, 6) is 1.97. The van der Waals surface area contributed by atoms with Gasteiger partial charge in [-0.2, -0.15) is 0 Å². The molecule has 2 saturated heterocycles. The first-order chi connectivity index (χ1) is 12.1. The number of hydrogen-bond donors (Lipinski definition) is 0. The molecule has 1 aromatic carbocycles. The number of amides is 1. The molecule has 5 nitrogen and oxygen atoms in total. The highest BCUT2D eigenvalue weighted by Gasteiger charge is 2.32. The highest BCUT2D eigenvalue weighted by molar-refractivity contribution is 5.78. The predicted octanol–water partition coefficient (Wildman–Crippen LogP) is 3.24. The SMILES string of the molecule is COc1ccc(OC)c(C2CCCN2CC(=O)N2CCCCC2C)c1. The molecule has 1 amide bonds. The van der Waals surface area contributed by atoms with E-state index in [4.69, 9.17) is 9.47 Å². The monoisotopic (exact) mass is 346 g/mol. The van der Waals surface area contributed by atoms with Gasteiger partial charge in [-0.25, -0.2) is 0 Å². The number of rotatable bonds is 5. The van der Waals surface area contributed by atoms with E-state index in [1.807, 2.05) is 12.1 Å². The van der Waals surface area contributed by atoms with Crippen LogP contribution in [0, 0.1) is 0 Å². The molecule has 2 unspecified atom stereocenters. The third kappa shape index (κ3) is 3.92. The molecule has 2 atom stereocenters. The van der Waals surface area contributed by atoms with Crippen LogP contribution in [0.1, 0.15) is 50.6 Å². The van der Waals surface area contributed by atoms with Gasteiger partial charge in [-0.3, -0.25) is 9.69 Å². The molecule has 5 heteroatoms. The number of piperidine rings is 1. The fraction of sp³-hybridized carbons (Fsp3) is 0.650. The van der Waals surface area contributed by atoms with Crippen molar-refractivity contribution >= 4 is 5.91 Å². The van der Waals surface area contributed by atoms with Gasteiger partial charge in [0.15, 0.2) is 0 Å². The summed E-state index contributed by atoms with van der Waals surface area (Å²) in [7, 11) is 3.38. The Hall–Kier alpha value is -1.75. The minimum atomic E-state index is 0.217. The van der Waals surface area contributed by atoms with Gasteiger partial charge in [0.2, 0.25) is 5.91 Å². The molecule has 25 heavy (non-hydrogen) atoms. The molecule has 0 radical (unpaired) electrons. The van der Waals surface area contributed by atoms with Crippen molar-refractivity contribution in [2.75, 3.05) is 33.9 Å². The minimum Gasteiger partial charge on any atom is -0.497 e. The summed E-state index contributed by atoms with van der Waals surface area (Å²) in [6, 6.07) is 6.51.